The van der Waals surface area contributed by atoms with E-state index in [1.54, 1.807) is 7.11 Å². The fourth-order valence-corrected chi connectivity index (χ4v) is 2.89. The van der Waals surface area contributed by atoms with E-state index < -0.39 is 0 Å². The molecule has 0 heterocycles. The number of hydrogen-bond acceptors (Lipinski definition) is 2. The van der Waals surface area contributed by atoms with Crippen LogP contribution < -0.4 is 5.32 Å². The first-order chi connectivity index (χ1) is 12.2. The molecule has 2 aromatic rings. The summed E-state index contributed by atoms with van der Waals surface area (Å²) in [7, 11) is 1.77. The van der Waals surface area contributed by atoms with Crippen LogP contribution >= 0.6 is 0 Å². The number of ether oxygens (including phenoxy) is 1. The summed E-state index contributed by atoms with van der Waals surface area (Å²) < 4.78 is 5.69. The summed E-state index contributed by atoms with van der Waals surface area (Å²) in [4.78, 5) is 0. The Morgan fingerprint density at radius 2 is 1.68 bits per heavy atom. The molecular weight excluding hydrogens is 306 g/mol. The number of nitrogens with one attached hydrogen (secondary N) is 1. The van der Waals surface area contributed by atoms with Gasteiger partial charge in [0.25, 0.3) is 0 Å². The maximum atomic E-state index is 5.69. The monoisotopic (exact) mass is 331 g/mol. The van der Waals surface area contributed by atoms with E-state index in [4.69, 9.17) is 4.74 Å². The van der Waals surface area contributed by atoms with Gasteiger partial charge in [0.1, 0.15) is 0 Å². The van der Waals surface area contributed by atoms with E-state index in [2.05, 4.69) is 85.1 Å². The van der Waals surface area contributed by atoms with Gasteiger partial charge >= 0.3 is 0 Å². The number of hydrogen-bond donors (Lipinski definition) is 1. The average molecular weight is 331 g/mol. The molecule has 2 aromatic carbocycles. The highest BCUT2D eigenvalue weighted by atomic mass is 16.5. The van der Waals surface area contributed by atoms with Gasteiger partial charge < -0.3 is 10.1 Å². The standard InChI is InChI=1S/C23H25NO/c1-23(25-2)16-15-21(14-13-19-9-5-3-6-10-19)22(17-23)24-18-20-11-7-4-8-12-20/h3-16,24H,17-18H2,1-2H3. The molecule has 0 aliphatic heterocycles. The Balaban J connectivity index is 1.81. The van der Waals surface area contributed by atoms with Gasteiger partial charge in [-0.15, -0.1) is 0 Å². The second-order valence-electron chi connectivity index (χ2n) is 6.54. The summed E-state index contributed by atoms with van der Waals surface area (Å²) in [6, 6.07) is 20.8. The third-order valence-corrected chi connectivity index (χ3v) is 4.56. The van der Waals surface area contributed by atoms with Crippen molar-refractivity contribution >= 4 is 6.08 Å². The molecule has 0 saturated heterocycles. The van der Waals surface area contributed by atoms with Crippen LogP contribution in [0.15, 0.2) is 90.2 Å². The first kappa shape index (κ1) is 17.2. The summed E-state index contributed by atoms with van der Waals surface area (Å²) in [6.07, 6.45) is 9.46. The molecule has 1 aliphatic rings. The highest BCUT2D eigenvalue weighted by Gasteiger charge is 2.26. The number of rotatable bonds is 6. The quantitative estimate of drug-likeness (QED) is 0.794. The first-order valence-corrected chi connectivity index (χ1v) is 8.67. The van der Waals surface area contributed by atoms with Gasteiger partial charge in [0.15, 0.2) is 0 Å². The number of allylic oxidation sites excluding steroid dienone is 3. The molecule has 0 amide bonds. The van der Waals surface area contributed by atoms with Crippen molar-refractivity contribution in [1.82, 2.24) is 5.32 Å². The molecule has 0 aromatic heterocycles. The van der Waals surface area contributed by atoms with Crippen LogP contribution in [0.1, 0.15) is 24.5 Å². The van der Waals surface area contributed by atoms with E-state index in [0.717, 1.165) is 13.0 Å². The summed E-state index contributed by atoms with van der Waals surface area (Å²) in [6.45, 7) is 2.93. The van der Waals surface area contributed by atoms with Crippen molar-refractivity contribution in [2.24, 2.45) is 0 Å². The van der Waals surface area contributed by atoms with Gasteiger partial charge in [0.2, 0.25) is 0 Å². The minimum absolute atomic E-state index is 0.261. The lowest BCUT2D eigenvalue weighted by atomic mass is 9.90. The largest absolute Gasteiger partial charge is 0.384 e. The van der Waals surface area contributed by atoms with Crippen LogP contribution in [0.4, 0.5) is 0 Å². The summed E-state index contributed by atoms with van der Waals surface area (Å²) in [5, 5.41) is 3.61. The molecule has 2 nitrogen and oxygen atoms in total. The Labute approximate surface area is 150 Å². The van der Waals surface area contributed by atoms with Crippen molar-refractivity contribution in [1.29, 1.82) is 0 Å². The van der Waals surface area contributed by atoms with Gasteiger partial charge in [-0.3, -0.25) is 0 Å². The van der Waals surface area contributed by atoms with Crippen LogP contribution in [0.5, 0.6) is 0 Å². The molecule has 0 saturated carbocycles. The lowest BCUT2D eigenvalue weighted by molar-refractivity contribution is 0.0463. The molecule has 1 aliphatic carbocycles. The second-order valence-corrected chi connectivity index (χ2v) is 6.54. The minimum Gasteiger partial charge on any atom is -0.384 e. The molecule has 0 radical (unpaired) electrons. The van der Waals surface area contributed by atoms with Crippen molar-refractivity contribution in [2.45, 2.75) is 25.5 Å². The van der Waals surface area contributed by atoms with Crippen LogP contribution in [-0.2, 0) is 11.3 Å². The third kappa shape index (κ3) is 4.71. The molecule has 0 bridgehead atoms. The normalized spacial score (nSPS) is 20.2. The van der Waals surface area contributed by atoms with Crippen molar-refractivity contribution in [3.05, 3.63) is 101 Å². The molecule has 128 valence electrons. The molecule has 2 heteroatoms. The van der Waals surface area contributed by atoms with Crippen LogP contribution in [0.3, 0.4) is 0 Å². The van der Waals surface area contributed by atoms with Crippen LogP contribution in [-0.4, -0.2) is 12.7 Å². The zero-order valence-electron chi connectivity index (χ0n) is 14.9. The van der Waals surface area contributed by atoms with E-state index in [9.17, 15) is 0 Å². The molecule has 1 atom stereocenters. The Bertz CT molecular complexity index is 774. The van der Waals surface area contributed by atoms with E-state index in [1.165, 1.54) is 22.4 Å². The Morgan fingerprint density at radius 3 is 2.36 bits per heavy atom. The topological polar surface area (TPSA) is 21.3 Å². The van der Waals surface area contributed by atoms with Gasteiger partial charge in [-0.2, -0.15) is 0 Å². The molecule has 3 rings (SSSR count). The van der Waals surface area contributed by atoms with Crippen LogP contribution in [0.25, 0.3) is 6.08 Å². The van der Waals surface area contributed by atoms with E-state index in [-0.39, 0.29) is 5.60 Å². The van der Waals surface area contributed by atoms with E-state index in [1.807, 2.05) is 12.1 Å². The van der Waals surface area contributed by atoms with Crippen LogP contribution in [0, 0.1) is 0 Å². The predicted molar refractivity (Wildman–Crippen MR) is 105 cm³/mol. The van der Waals surface area contributed by atoms with Gasteiger partial charge in [-0.1, -0.05) is 85.0 Å². The Hall–Kier alpha value is -2.58. The van der Waals surface area contributed by atoms with Crippen LogP contribution in [0.2, 0.25) is 0 Å². The molecule has 0 fully saturated rings. The van der Waals surface area contributed by atoms with E-state index >= 15 is 0 Å². The summed E-state index contributed by atoms with van der Waals surface area (Å²) in [5.41, 5.74) is 4.63. The van der Waals surface area contributed by atoms with Gasteiger partial charge in [0, 0.05) is 25.8 Å². The number of benzene rings is 2. The second kappa shape index (κ2) is 8.00. The SMILES string of the molecule is COC1(C)C=CC(C=Cc2ccccc2)=C(NCc2ccccc2)C1. The lowest BCUT2D eigenvalue weighted by Gasteiger charge is -2.30. The Kier molecular flexibility index (Phi) is 5.52. The predicted octanol–water partition coefficient (Wildman–Crippen LogP) is 5.11. The highest BCUT2D eigenvalue weighted by Crippen LogP contribution is 2.29. The maximum Gasteiger partial charge on any atom is 0.0888 e. The van der Waals surface area contributed by atoms with Crippen molar-refractivity contribution in [2.75, 3.05) is 7.11 Å². The fourth-order valence-electron chi connectivity index (χ4n) is 2.89. The Morgan fingerprint density at radius 1 is 1.00 bits per heavy atom. The smallest absolute Gasteiger partial charge is 0.0888 e. The molecular formula is C23H25NO. The summed E-state index contributed by atoms with van der Waals surface area (Å²) in [5.74, 6) is 0. The highest BCUT2D eigenvalue weighted by molar-refractivity contribution is 5.56. The fraction of sp³-hybridized carbons (Fsp3) is 0.217. The zero-order valence-corrected chi connectivity index (χ0v) is 14.9. The minimum atomic E-state index is -0.261. The molecule has 1 N–H and O–H groups in total. The average Bonchev–Trinajstić information content (AvgIpc) is 2.67. The molecule has 1 unspecified atom stereocenters. The van der Waals surface area contributed by atoms with Gasteiger partial charge in [-0.05, 0) is 23.6 Å². The lowest BCUT2D eigenvalue weighted by Crippen LogP contribution is -2.31. The van der Waals surface area contributed by atoms with E-state index in [0.29, 0.717) is 0 Å². The zero-order chi connectivity index (χ0) is 17.5. The molecule has 25 heavy (non-hydrogen) atoms. The van der Waals surface area contributed by atoms with Gasteiger partial charge in [-0.25, -0.2) is 0 Å². The maximum absolute atomic E-state index is 5.69. The first-order valence-electron chi connectivity index (χ1n) is 8.67. The molecule has 0 spiro atoms. The third-order valence-electron chi connectivity index (χ3n) is 4.56. The van der Waals surface area contributed by atoms with Gasteiger partial charge in [0.05, 0.1) is 5.60 Å². The number of methoxy groups -OCH3 is 1. The van der Waals surface area contributed by atoms with Crippen molar-refractivity contribution in [3.63, 3.8) is 0 Å². The van der Waals surface area contributed by atoms with Crippen molar-refractivity contribution in [3.8, 4) is 0 Å². The van der Waals surface area contributed by atoms with Crippen molar-refractivity contribution < 1.29 is 4.74 Å². The summed E-state index contributed by atoms with van der Waals surface area (Å²) >= 11 is 0.